The molecule has 3 heteroatoms. The molecule has 0 amide bonds. The van der Waals surface area contributed by atoms with E-state index in [1.807, 2.05) is 0 Å². The maximum atomic E-state index is 10.3. The zero-order valence-electron chi connectivity index (χ0n) is 18.9. The Hall–Kier alpha value is -2.62. The van der Waals surface area contributed by atoms with Crippen LogP contribution in [0.4, 0.5) is 5.69 Å². The van der Waals surface area contributed by atoms with Crippen LogP contribution in [0.2, 0.25) is 0 Å². The van der Waals surface area contributed by atoms with Crippen LogP contribution in [0.3, 0.4) is 0 Å². The van der Waals surface area contributed by atoms with Gasteiger partial charge in [-0.05, 0) is 72.9 Å². The van der Waals surface area contributed by atoms with Gasteiger partial charge in [0.1, 0.15) is 0 Å². The van der Waals surface area contributed by atoms with Crippen molar-refractivity contribution in [1.82, 2.24) is 0 Å². The fourth-order valence-corrected chi connectivity index (χ4v) is 5.65. The van der Waals surface area contributed by atoms with Crippen molar-refractivity contribution in [2.24, 2.45) is 0 Å². The molecule has 1 saturated heterocycles. The van der Waals surface area contributed by atoms with E-state index < -0.39 is 5.60 Å². The molecule has 0 spiro atoms. The number of hydrogen-bond donors (Lipinski definition) is 2. The molecule has 3 nitrogen and oxygen atoms in total. The van der Waals surface area contributed by atoms with Gasteiger partial charge in [-0.25, -0.2) is 0 Å². The molecule has 1 aliphatic carbocycles. The Bertz CT molecular complexity index is 1050. The summed E-state index contributed by atoms with van der Waals surface area (Å²) < 4.78 is 0. The van der Waals surface area contributed by atoms with Gasteiger partial charge < -0.3 is 15.1 Å². The number of fused-ring (bicyclic) bond motifs is 1. The Kier molecular flexibility index (Phi) is 5.79. The summed E-state index contributed by atoms with van der Waals surface area (Å²) in [5.41, 5.74) is 7.38. The summed E-state index contributed by atoms with van der Waals surface area (Å²) in [5.74, 6) is 0.837. The largest absolute Gasteiger partial charge is 0.393 e. The molecule has 5 rings (SSSR count). The summed E-state index contributed by atoms with van der Waals surface area (Å²) in [7, 11) is 0. The van der Waals surface area contributed by atoms with Gasteiger partial charge in [-0.1, -0.05) is 66.2 Å². The van der Waals surface area contributed by atoms with Crippen molar-refractivity contribution < 1.29 is 10.2 Å². The number of hydrogen-bond acceptors (Lipinski definition) is 3. The molecule has 2 atom stereocenters. The second kappa shape index (κ2) is 8.73. The summed E-state index contributed by atoms with van der Waals surface area (Å²) in [6.45, 7) is 3.58. The third-order valence-electron chi connectivity index (χ3n) is 7.59. The summed E-state index contributed by atoms with van der Waals surface area (Å²) in [5, 5.41) is 19.8. The summed E-state index contributed by atoms with van der Waals surface area (Å²) in [6.07, 6.45) is 3.51. The fourth-order valence-electron chi connectivity index (χ4n) is 5.65. The summed E-state index contributed by atoms with van der Waals surface area (Å²) >= 11 is 0. The second-order valence-corrected chi connectivity index (χ2v) is 9.70. The van der Waals surface area contributed by atoms with Crippen molar-refractivity contribution in [2.75, 3.05) is 24.6 Å². The molecule has 3 aromatic carbocycles. The first-order valence-corrected chi connectivity index (χ1v) is 11.9. The number of benzene rings is 3. The van der Waals surface area contributed by atoms with E-state index in [1.54, 1.807) is 0 Å². The van der Waals surface area contributed by atoms with Gasteiger partial charge in [0.15, 0.2) is 0 Å². The minimum atomic E-state index is -0.913. The number of aryl methyl sites for hydroxylation is 2. The molecule has 1 aliphatic heterocycles. The van der Waals surface area contributed by atoms with Gasteiger partial charge in [0.2, 0.25) is 0 Å². The van der Waals surface area contributed by atoms with Gasteiger partial charge in [0, 0.05) is 24.7 Å². The summed E-state index contributed by atoms with van der Waals surface area (Å²) in [4.78, 5) is 2.32. The van der Waals surface area contributed by atoms with E-state index in [0.717, 1.165) is 19.5 Å². The van der Waals surface area contributed by atoms with Crippen LogP contribution in [0, 0.1) is 6.92 Å². The maximum Gasteiger partial charge on any atom is 0.0911 e. The van der Waals surface area contributed by atoms with Crippen LogP contribution in [-0.4, -0.2) is 35.5 Å². The first-order valence-electron chi connectivity index (χ1n) is 11.9. The Balaban J connectivity index is 1.46. The van der Waals surface area contributed by atoms with E-state index in [9.17, 15) is 10.2 Å². The number of nitrogens with zero attached hydrogens (tertiary/aromatic N) is 1. The highest BCUT2D eigenvalue weighted by atomic mass is 16.3. The fraction of sp³-hybridized carbons (Fsp3) is 0.379. The Labute approximate surface area is 191 Å². The van der Waals surface area contributed by atoms with Gasteiger partial charge in [-0.15, -0.1) is 0 Å². The zero-order valence-corrected chi connectivity index (χ0v) is 18.9. The number of piperidine rings is 1. The first kappa shape index (κ1) is 21.2. The van der Waals surface area contributed by atoms with Crippen molar-refractivity contribution in [2.45, 2.75) is 50.0 Å². The predicted octanol–water partition coefficient (Wildman–Crippen LogP) is 5.18. The molecule has 0 radical (unpaired) electrons. The van der Waals surface area contributed by atoms with Crippen LogP contribution in [0.25, 0.3) is 0 Å². The van der Waals surface area contributed by atoms with Crippen molar-refractivity contribution in [3.8, 4) is 0 Å². The van der Waals surface area contributed by atoms with E-state index in [4.69, 9.17) is 0 Å². The molecular formula is C29H33NO2. The van der Waals surface area contributed by atoms with Crippen LogP contribution in [0.5, 0.6) is 0 Å². The molecule has 2 aliphatic rings. The van der Waals surface area contributed by atoms with Crippen LogP contribution in [-0.2, 0) is 6.42 Å². The second-order valence-electron chi connectivity index (χ2n) is 9.70. The zero-order chi connectivity index (χ0) is 22.1. The van der Waals surface area contributed by atoms with Gasteiger partial charge in [0.05, 0.1) is 12.2 Å². The number of anilines is 1. The van der Waals surface area contributed by atoms with Gasteiger partial charge in [-0.3, -0.25) is 0 Å². The van der Waals surface area contributed by atoms with Crippen LogP contribution >= 0.6 is 0 Å². The molecule has 32 heavy (non-hydrogen) atoms. The standard InChI is InChI=1S/C29H33NO2/c1-21-7-13-27-24(19-21)10-14-26(22-5-3-2-4-6-22)28(27)23-8-11-25(12-9-23)30-17-15-29(32,20-31)16-18-30/h2-9,11-13,19,26,28,31-32H,10,14-18,20H2,1H3/t26-,28+/m1/s1. The van der Waals surface area contributed by atoms with E-state index in [0.29, 0.717) is 24.7 Å². The average molecular weight is 428 g/mol. The van der Waals surface area contributed by atoms with E-state index in [2.05, 4.69) is 84.6 Å². The van der Waals surface area contributed by atoms with Crippen LogP contribution < -0.4 is 4.90 Å². The van der Waals surface area contributed by atoms with Crippen LogP contribution in [0.1, 0.15) is 58.9 Å². The molecule has 3 aromatic rings. The highest BCUT2D eigenvalue weighted by Crippen LogP contribution is 2.46. The molecule has 0 bridgehead atoms. The van der Waals surface area contributed by atoms with E-state index in [-0.39, 0.29) is 6.61 Å². The number of rotatable bonds is 4. The third-order valence-corrected chi connectivity index (χ3v) is 7.59. The van der Waals surface area contributed by atoms with Crippen LogP contribution in [0.15, 0.2) is 72.8 Å². The highest BCUT2D eigenvalue weighted by molar-refractivity contribution is 5.52. The van der Waals surface area contributed by atoms with Crippen molar-refractivity contribution in [1.29, 1.82) is 0 Å². The molecule has 1 heterocycles. The minimum absolute atomic E-state index is 0.152. The third kappa shape index (κ3) is 4.07. The molecule has 166 valence electrons. The van der Waals surface area contributed by atoms with Crippen molar-refractivity contribution in [3.05, 3.63) is 101 Å². The van der Waals surface area contributed by atoms with Crippen molar-refractivity contribution >= 4 is 5.69 Å². The van der Waals surface area contributed by atoms with E-state index >= 15 is 0 Å². The first-order chi connectivity index (χ1) is 15.6. The lowest BCUT2D eigenvalue weighted by atomic mass is 9.69. The smallest absolute Gasteiger partial charge is 0.0911 e. The predicted molar refractivity (Wildman–Crippen MR) is 130 cm³/mol. The Morgan fingerprint density at radius 2 is 1.62 bits per heavy atom. The maximum absolute atomic E-state index is 10.3. The number of aliphatic hydroxyl groups is 2. The van der Waals surface area contributed by atoms with Gasteiger partial charge in [-0.2, -0.15) is 0 Å². The van der Waals surface area contributed by atoms with Crippen molar-refractivity contribution in [3.63, 3.8) is 0 Å². The normalized spacial score (nSPS) is 22.4. The Morgan fingerprint density at radius 3 is 2.31 bits per heavy atom. The van der Waals surface area contributed by atoms with Gasteiger partial charge >= 0.3 is 0 Å². The lowest BCUT2D eigenvalue weighted by Gasteiger charge is -2.38. The van der Waals surface area contributed by atoms with Gasteiger partial charge in [0.25, 0.3) is 0 Å². The number of aliphatic hydroxyl groups excluding tert-OH is 1. The topological polar surface area (TPSA) is 43.7 Å². The SMILES string of the molecule is Cc1ccc2c(c1)CC[C@H](c1ccccc1)[C@@H]2c1ccc(N2CCC(O)(CO)CC2)cc1. The average Bonchev–Trinajstić information content (AvgIpc) is 2.84. The Morgan fingerprint density at radius 1 is 0.906 bits per heavy atom. The van der Waals surface area contributed by atoms with E-state index in [1.165, 1.54) is 39.9 Å². The molecule has 2 N–H and O–H groups in total. The monoisotopic (exact) mass is 427 g/mol. The molecule has 0 aromatic heterocycles. The lowest BCUT2D eigenvalue weighted by Crippen LogP contribution is -2.46. The molecular weight excluding hydrogens is 394 g/mol. The summed E-state index contributed by atoms with van der Waals surface area (Å²) in [6, 6.07) is 27.0. The quantitative estimate of drug-likeness (QED) is 0.603. The molecule has 1 fully saturated rings. The minimum Gasteiger partial charge on any atom is -0.393 e. The lowest BCUT2D eigenvalue weighted by molar-refractivity contribution is -0.0325. The molecule has 0 saturated carbocycles. The highest BCUT2D eigenvalue weighted by Gasteiger charge is 2.33. The molecule has 0 unspecified atom stereocenters.